The maximum Gasteiger partial charge on any atom is 0.275 e. The van der Waals surface area contributed by atoms with Crippen LogP contribution in [0.4, 0.5) is 18.9 Å². The molecule has 4 aromatic rings. The number of nitrogens with one attached hydrogen (secondary N) is 1. The predicted molar refractivity (Wildman–Crippen MR) is 113 cm³/mol. The van der Waals surface area contributed by atoms with E-state index in [1.54, 1.807) is 29.6 Å². The van der Waals surface area contributed by atoms with Crippen LogP contribution in [0.1, 0.15) is 16.1 Å². The Balaban J connectivity index is 1.51. The molecular weight excluding hydrogens is 425 g/mol. The molecule has 1 amide bonds. The fourth-order valence-corrected chi connectivity index (χ4v) is 3.64. The molecule has 0 spiro atoms. The van der Waals surface area contributed by atoms with Crippen molar-refractivity contribution in [2.24, 2.45) is 0 Å². The third kappa shape index (κ3) is 4.92. The summed E-state index contributed by atoms with van der Waals surface area (Å²) in [5.41, 5.74) is 1.34. The van der Waals surface area contributed by atoms with Crippen molar-refractivity contribution in [3.05, 3.63) is 101 Å². The molecule has 0 fully saturated rings. The summed E-state index contributed by atoms with van der Waals surface area (Å²) in [5, 5.41) is 4.77. The number of aromatic nitrogens is 1. The third-order valence-corrected chi connectivity index (χ3v) is 5.22. The van der Waals surface area contributed by atoms with E-state index in [1.807, 2.05) is 0 Å². The minimum atomic E-state index is -0.562. The Morgan fingerprint density at radius 3 is 2.52 bits per heavy atom. The number of benzene rings is 3. The van der Waals surface area contributed by atoms with Crippen LogP contribution in [-0.4, -0.2) is 10.9 Å². The first kappa shape index (κ1) is 20.6. The molecular formula is C23H15F3N2O2S. The number of para-hydroxylation sites is 1. The lowest BCUT2D eigenvalue weighted by Gasteiger charge is -2.10. The van der Waals surface area contributed by atoms with E-state index < -0.39 is 23.4 Å². The summed E-state index contributed by atoms with van der Waals surface area (Å²) in [5.74, 6) is -1.53. The van der Waals surface area contributed by atoms with Gasteiger partial charge < -0.3 is 10.1 Å². The average Bonchev–Trinajstić information content (AvgIpc) is 3.26. The zero-order valence-electron chi connectivity index (χ0n) is 15.9. The van der Waals surface area contributed by atoms with Gasteiger partial charge in [-0.3, -0.25) is 4.79 Å². The highest BCUT2D eigenvalue weighted by Gasteiger charge is 2.15. The lowest BCUT2D eigenvalue weighted by Crippen LogP contribution is -2.12. The molecule has 4 nitrogen and oxygen atoms in total. The Bertz CT molecular complexity index is 1230. The molecule has 0 saturated carbocycles. The average molecular weight is 440 g/mol. The summed E-state index contributed by atoms with van der Waals surface area (Å²) in [4.78, 5) is 16.8. The summed E-state index contributed by atoms with van der Waals surface area (Å²) in [6.45, 7) is -0.163. The molecule has 0 unspecified atom stereocenters. The van der Waals surface area contributed by atoms with Crippen LogP contribution in [0.3, 0.4) is 0 Å². The van der Waals surface area contributed by atoms with E-state index in [1.165, 1.54) is 35.6 Å². The Hall–Kier alpha value is -3.65. The molecule has 0 bridgehead atoms. The van der Waals surface area contributed by atoms with Crippen LogP contribution < -0.4 is 10.1 Å². The van der Waals surface area contributed by atoms with Crippen molar-refractivity contribution in [3.63, 3.8) is 0 Å². The molecule has 0 aliphatic heterocycles. The molecule has 156 valence electrons. The SMILES string of the molecule is O=C(Nc1ccc(F)cc1)c1csc(-c2ccccc2OCc2cc(F)ccc2F)n1. The molecule has 0 aliphatic carbocycles. The molecule has 1 aromatic heterocycles. The zero-order valence-corrected chi connectivity index (χ0v) is 16.8. The van der Waals surface area contributed by atoms with Gasteiger partial charge in [-0.2, -0.15) is 0 Å². The van der Waals surface area contributed by atoms with E-state index >= 15 is 0 Å². The summed E-state index contributed by atoms with van der Waals surface area (Å²) >= 11 is 1.24. The van der Waals surface area contributed by atoms with Crippen LogP contribution in [0.15, 0.2) is 72.1 Å². The highest BCUT2D eigenvalue weighted by atomic mass is 32.1. The van der Waals surface area contributed by atoms with Crippen LogP contribution in [-0.2, 0) is 6.61 Å². The van der Waals surface area contributed by atoms with E-state index in [0.29, 0.717) is 22.0 Å². The van der Waals surface area contributed by atoms with E-state index in [2.05, 4.69) is 10.3 Å². The topological polar surface area (TPSA) is 51.2 Å². The smallest absolute Gasteiger partial charge is 0.275 e. The van der Waals surface area contributed by atoms with Crippen molar-refractivity contribution in [3.8, 4) is 16.3 Å². The first-order chi connectivity index (χ1) is 15.0. The first-order valence-electron chi connectivity index (χ1n) is 9.18. The Morgan fingerprint density at radius 1 is 0.968 bits per heavy atom. The molecule has 3 aromatic carbocycles. The Kier molecular flexibility index (Phi) is 5.99. The summed E-state index contributed by atoms with van der Waals surface area (Å²) in [6, 6.07) is 15.6. The molecule has 0 aliphatic rings. The van der Waals surface area contributed by atoms with Gasteiger partial charge in [0.15, 0.2) is 0 Å². The number of amides is 1. The van der Waals surface area contributed by atoms with Gasteiger partial charge in [-0.1, -0.05) is 12.1 Å². The fourth-order valence-electron chi connectivity index (χ4n) is 2.81. The first-order valence-corrected chi connectivity index (χ1v) is 10.1. The maximum atomic E-state index is 13.9. The summed E-state index contributed by atoms with van der Waals surface area (Å²) in [6.07, 6.45) is 0. The second-order valence-corrected chi connectivity index (χ2v) is 7.38. The number of halogens is 3. The van der Waals surface area contributed by atoms with E-state index in [9.17, 15) is 18.0 Å². The highest BCUT2D eigenvalue weighted by molar-refractivity contribution is 7.13. The van der Waals surface area contributed by atoms with Crippen LogP contribution >= 0.6 is 11.3 Å². The standard InChI is InChI=1S/C23H15F3N2O2S/c24-15-5-8-17(9-6-15)27-22(29)20-13-31-23(28-20)18-3-1-2-4-21(18)30-12-14-11-16(25)7-10-19(14)26/h1-11,13H,12H2,(H,27,29). The predicted octanol–water partition coefficient (Wildman–Crippen LogP) is 6.06. The minimum Gasteiger partial charge on any atom is -0.488 e. The van der Waals surface area contributed by atoms with Crippen molar-refractivity contribution < 1.29 is 22.7 Å². The van der Waals surface area contributed by atoms with Crippen LogP contribution in [0.25, 0.3) is 10.6 Å². The van der Waals surface area contributed by atoms with Crippen LogP contribution in [0, 0.1) is 17.5 Å². The highest BCUT2D eigenvalue weighted by Crippen LogP contribution is 2.33. The quantitative estimate of drug-likeness (QED) is 0.397. The van der Waals surface area contributed by atoms with E-state index in [-0.39, 0.29) is 17.9 Å². The third-order valence-electron chi connectivity index (χ3n) is 4.35. The van der Waals surface area contributed by atoms with Gasteiger partial charge in [-0.25, -0.2) is 18.2 Å². The summed E-state index contributed by atoms with van der Waals surface area (Å²) < 4.78 is 46.0. The number of hydrogen-bond acceptors (Lipinski definition) is 4. The number of thiazole rings is 1. The number of ether oxygens (including phenoxy) is 1. The van der Waals surface area contributed by atoms with Gasteiger partial charge >= 0.3 is 0 Å². The van der Waals surface area contributed by atoms with E-state index in [0.717, 1.165) is 18.2 Å². The van der Waals surface area contributed by atoms with Gasteiger partial charge in [-0.05, 0) is 54.6 Å². The van der Waals surface area contributed by atoms with Gasteiger partial charge in [0.1, 0.15) is 40.5 Å². The molecule has 0 atom stereocenters. The normalized spacial score (nSPS) is 10.7. The minimum absolute atomic E-state index is 0.0910. The fraction of sp³-hybridized carbons (Fsp3) is 0.0435. The molecule has 4 rings (SSSR count). The Labute approximate surface area is 180 Å². The number of carbonyl (C=O) groups is 1. The largest absolute Gasteiger partial charge is 0.488 e. The van der Waals surface area contributed by atoms with Gasteiger partial charge in [-0.15, -0.1) is 11.3 Å². The maximum absolute atomic E-state index is 13.9. The molecule has 0 radical (unpaired) electrons. The van der Waals surface area contributed by atoms with Crippen LogP contribution in [0.5, 0.6) is 5.75 Å². The lowest BCUT2D eigenvalue weighted by molar-refractivity contribution is 0.102. The second-order valence-electron chi connectivity index (χ2n) is 6.52. The van der Waals surface area contributed by atoms with Crippen molar-refractivity contribution >= 4 is 22.9 Å². The molecule has 1 heterocycles. The van der Waals surface area contributed by atoms with Gasteiger partial charge in [0, 0.05) is 16.6 Å². The van der Waals surface area contributed by atoms with Gasteiger partial charge in [0.2, 0.25) is 0 Å². The second kappa shape index (κ2) is 9.01. The number of rotatable bonds is 6. The summed E-state index contributed by atoms with van der Waals surface area (Å²) in [7, 11) is 0. The number of hydrogen-bond donors (Lipinski definition) is 1. The molecule has 0 saturated heterocycles. The molecule has 31 heavy (non-hydrogen) atoms. The Morgan fingerprint density at radius 2 is 1.71 bits per heavy atom. The van der Waals surface area contributed by atoms with Crippen molar-refractivity contribution in [2.75, 3.05) is 5.32 Å². The van der Waals surface area contributed by atoms with Crippen molar-refractivity contribution in [1.82, 2.24) is 4.98 Å². The number of carbonyl (C=O) groups excluding carboxylic acids is 1. The van der Waals surface area contributed by atoms with Crippen molar-refractivity contribution in [1.29, 1.82) is 0 Å². The van der Waals surface area contributed by atoms with Gasteiger partial charge in [0.05, 0.1) is 5.56 Å². The van der Waals surface area contributed by atoms with Crippen molar-refractivity contribution in [2.45, 2.75) is 6.61 Å². The molecule has 1 N–H and O–H groups in total. The van der Waals surface area contributed by atoms with Gasteiger partial charge in [0.25, 0.3) is 5.91 Å². The zero-order chi connectivity index (χ0) is 21.8. The van der Waals surface area contributed by atoms with Crippen LogP contribution in [0.2, 0.25) is 0 Å². The number of nitrogens with zero attached hydrogens (tertiary/aromatic N) is 1. The number of anilines is 1. The van der Waals surface area contributed by atoms with E-state index in [4.69, 9.17) is 4.74 Å². The lowest BCUT2D eigenvalue weighted by atomic mass is 10.2. The monoisotopic (exact) mass is 440 g/mol. The molecule has 8 heteroatoms.